The molecule has 1 aliphatic carbocycles. The molecule has 5 heteroatoms. The molecule has 0 radical (unpaired) electrons. The number of methoxy groups -OCH3 is 2. The molecule has 1 fully saturated rings. The van der Waals surface area contributed by atoms with E-state index in [0.717, 1.165) is 49.8 Å². The van der Waals surface area contributed by atoms with Gasteiger partial charge >= 0.3 is 0 Å². The van der Waals surface area contributed by atoms with Gasteiger partial charge in [0.25, 0.3) is 0 Å². The van der Waals surface area contributed by atoms with E-state index in [9.17, 15) is 9.59 Å². The van der Waals surface area contributed by atoms with Crippen molar-refractivity contribution in [3.05, 3.63) is 58.7 Å². The predicted octanol–water partition coefficient (Wildman–Crippen LogP) is 4.52. The van der Waals surface area contributed by atoms with Gasteiger partial charge in [-0.1, -0.05) is 18.2 Å². The van der Waals surface area contributed by atoms with Crippen molar-refractivity contribution in [2.45, 2.75) is 51.0 Å². The Bertz CT molecular complexity index is 952. The van der Waals surface area contributed by atoms with Crippen LogP contribution in [0.2, 0.25) is 0 Å². The minimum Gasteiger partial charge on any atom is -0.493 e. The van der Waals surface area contributed by atoms with Gasteiger partial charge in [0, 0.05) is 24.9 Å². The summed E-state index contributed by atoms with van der Waals surface area (Å²) in [5.74, 6) is 1.44. The first-order valence-corrected chi connectivity index (χ1v) is 10.8. The van der Waals surface area contributed by atoms with Gasteiger partial charge in [-0.15, -0.1) is 0 Å². The standard InChI is InChI=1S/C25H29NO4/c1-29-23-12-10-19(16-24(23)30-2)21-7-4-14-26(21)25(28)13-11-22(27)20-9-8-17-5-3-6-18(17)15-20/h8-10,12,15-16,21H,3-7,11,13-14H2,1-2H3/t21-/m0/s1. The highest BCUT2D eigenvalue weighted by Crippen LogP contribution is 2.37. The van der Waals surface area contributed by atoms with Gasteiger partial charge in [0.2, 0.25) is 5.91 Å². The largest absolute Gasteiger partial charge is 0.493 e. The summed E-state index contributed by atoms with van der Waals surface area (Å²) in [6, 6.07) is 11.9. The molecule has 1 atom stereocenters. The number of ketones is 1. The quantitative estimate of drug-likeness (QED) is 0.633. The summed E-state index contributed by atoms with van der Waals surface area (Å²) in [7, 11) is 3.23. The third-order valence-electron chi connectivity index (χ3n) is 6.35. The Kier molecular flexibility index (Phi) is 6.07. The Morgan fingerprint density at radius 3 is 2.53 bits per heavy atom. The lowest BCUT2D eigenvalue weighted by Crippen LogP contribution is -2.30. The number of hydrogen-bond donors (Lipinski definition) is 0. The molecule has 1 aliphatic heterocycles. The van der Waals surface area contributed by atoms with E-state index in [-0.39, 0.29) is 30.6 Å². The second-order valence-electron chi connectivity index (χ2n) is 8.12. The molecule has 2 aliphatic rings. The summed E-state index contributed by atoms with van der Waals surface area (Å²) in [6.45, 7) is 0.727. The number of ether oxygens (including phenoxy) is 2. The van der Waals surface area contributed by atoms with Crippen LogP contribution in [0.4, 0.5) is 0 Å². The number of aryl methyl sites for hydroxylation is 2. The van der Waals surface area contributed by atoms with Gasteiger partial charge in [0.1, 0.15) is 0 Å². The van der Waals surface area contributed by atoms with Crippen LogP contribution in [0.5, 0.6) is 11.5 Å². The Morgan fingerprint density at radius 1 is 0.933 bits per heavy atom. The number of fused-ring (bicyclic) bond motifs is 1. The number of benzene rings is 2. The third-order valence-corrected chi connectivity index (χ3v) is 6.35. The first-order chi connectivity index (χ1) is 14.6. The van der Waals surface area contributed by atoms with Crippen molar-refractivity contribution in [2.24, 2.45) is 0 Å². The van der Waals surface area contributed by atoms with Gasteiger partial charge in [-0.3, -0.25) is 9.59 Å². The van der Waals surface area contributed by atoms with E-state index in [1.54, 1.807) is 14.2 Å². The maximum atomic E-state index is 12.9. The van der Waals surface area contributed by atoms with Gasteiger partial charge in [0.05, 0.1) is 20.3 Å². The lowest BCUT2D eigenvalue weighted by atomic mass is 10.0. The van der Waals surface area contributed by atoms with Gasteiger partial charge in [0.15, 0.2) is 17.3 Å². The molecule has 2 aromatic rings. The molecule has 158 valence electrons. The lowest BCUT2D eigenvalue weighted by molar-refractivity contribution is -0.132. The van der Waals surface area contributed by atoms with Crippen molar-refractivity contribution < 1.29 is 19.1 Å². The highest BCUT2D eigenvalue weighted by molar-refractivity contribution is 5.98. The zero-order chi connectivity index (χ0) is 21.1. The summed E-state index contributed by atoms with van der Waals surface area (Å²) in [6.07, 6.45) is 5.71. The SMILES string of the molecule is COc1ccc([C@@H]2CCCN2C(=O)CCC(=O)c2ccc3c(c2)CCC3)cc1OC. The lowest BCUT2D eigenvalue weighted by Gasteiger charge is -2.25. The van der Waals surface area contributed by atoms with Crippen LogP contribution in [0.15, 0.2) is 36.4 Å². The van der Waals surface area contributed by atoms with Gasteiger partial charge in [-0.25, -0.2) is 0 Å². The summed E-state index contributed by atoms with van der Waals surface area (Å²) >= 11 is 0. The number of carbonyl (C=O) groups excluding carboxylic acids is 2. The van der Waals surface area contributed by atoms with Gasteiger partial charge in [-0.2, -0.15) is 0 Å². The molecule has 5 nitrogen and oxygen atoms in total. The number of Topliss-reactive ketones (excluding diaryl/α,β-unsaturated/α-hetero) is 1. The fourth-order valence-corrected chi connectivity index (χ4v) is 4.73. The molecule has 0 unspecified atom stereocenters. The van der Waals surface area contributed by atoms with Gasteiger partial charge < -0.3 is 14.4 Å². The molecular weight excluding hydrogens is 378 g/mol. The Hall–Kier alpha value is -2.82. The van der Waals surface area contributed by atoms with E-state index in [0.29, 0.717) is 11.5 Å². The zero-order valence-corrected chi connectivity index (χ0v) is 17.8. The summed E-state index contributed by atoms with van der Waals surface area (Å²) in [4.78, 5) is 27.5. The number of amides is 1. The fourth-order valence-electron chi connectivity index (χ4n) is 4.73. The molecule has 1 amide bonds. The van der Waals surface area contributed by atoms with Crippen molar-refractivity contribution in [3.8, 4) is 11.5 Å². The van der Waals surface area contributed by atoms with Gasteiger partial charge in [-0.05, 0) is 67.0 Å². The van der Waals surface area contributed by atoms with Crippen molar-refractivity contribution in [1.82, 2.24) is 4.90 Å². The molecule has 2 aromatic carbocycles. The highest BCUT2D eigenvalue weighted by Gasteiger charge is 2.30. The van der Waals surface area contributed by atoms with E-state index >= 15 is 0 Å². The van der Waals surface area contributed by atoms with Crippen LogP contribution in [-0.4, -0.2) is 37.4 Å². The van der Waals surface area contributed by atoms with Crippen LogP contribution in [0.25, 0.3) is 0 Å². The summed E-state index contributed by atoms with van der Waals surface area (Å²) in [5, 5.41) is 0. The number of rotatable bonds is 7. The molecule has 0 aromatic heterocycles. The fraction of sp³-hybridized carbons (Fsp3) is 0.440. The van der Waals surface area contributed by atoms with Crippen molar-refractivity contribution in [2.75, 3.05) is 20.8 Å². The molecular formula is C25H29NO4. The maximum absolute atomic E-state index is 12.9. The summed E-state index contributed by atoms with van der Waals surface area (Å²) < 4.78 is 10.7. The summed E-state index contributed by atoms with van der Waals surface area (Å²) in [5.41, 5.74) is 4.43. The van der Waals surface area contributed by atoms with E-state index < -0.39 is 0 Å². The average Bonchev–Trinajstić information content (AvgIpc) is 3.45. The number of hydrogen-bond acceptors (Lipinski definition) is 4. The first-order valence-electron chi connectivity index (χ1n) is 10.8. The molecule has 1 saturated heterocycles. The normalized spacial score (nSPS) is 17.7. The molecule has 0 saturated carbocycles. The van der Waals surface area contributed by atoms with Crippen LogP contribution in [0, 0.1) is 0 Å². The first kappa shape index (κ1) is 20.5. The van der Waals surface area contributed by atoms with Crippen LogP contribution in [0.1, 0.15) is 65.2 Å². The van der Waals surface area contributed by atoms with Crippen LogP contribution < -0.4 is 9.47 Å². The second-order valence-corrected chi connectivity index (χ2v) is 8.12. The average molecular weight is 408 g/mol. The Morgan fingerprint density at radius 2 is 1.73 bits per heavy atom. The predicted molar refractivity (Wildman–Crippen MR) is 115 cm³/mol. The van der Waals surface area contributed by atoms with Crippen molar-refractivity contribution in [1.29, 1.82) is 0 Å². The van der Waals surface area contributed by atoms with Crippen LogP contribution >= 0.6 is 0 Å². The monoisotopic (exact) mass is 407 g/mol. The van der Waals surface area contributed by atoms with E-state index in [1.807, 2.05) is 35.2 Å². The van der Waals surface area contributed by atoms with E-state index in [4.69, 9.17) is 9.47 Å². The Balaban J connectivity index is 1.41. The maximum Gasteiger partial charge on any atom is 0.223 e. The zero-order valence-electron chi connectivity index (χ0n) is 17.8. The number of carbonyl (C=O) groups is 2. The molecule has 0 bridgehead atoms. The van der Waals surface area contributed by atoms with Crippen LogP contribution in [-0.2, 0) is 17.6 Å². The molecule has 4 rings (SSSR count). The minimum absolute atomic E-state index is 0.0207. The minimum atomic E-state index is 0.0207. The number of nitrogens with zero attached hydrogens (tertiary/aromatic N) is 1. The Labute approximate surface area is 178 Å². The highest BCUT2D eigenvalue weighted by atomic mass is 16.5. The van der Waals surface area contributed by atoms with E-state index in [2.05, 4.69) is 6.07 Å². The van der Waals surface area contributed by atoms with Crippen LogP contribution in [0.3, 0.4) is 0 Å². The number of likely N-dealkylation sites (tertiary alicyclic amines) is 1. The smallest absolute Gasteiger partial charge is 0.223 e. The van der Waals surface area contributed by atoms with Crippen molar-refractivity contribution in [3.63, 3.8) is 0 Å². The van der Waals surface area contributed by atoms with Crippen molar-refractivity contribution >= 4 is 11.7 Å². The molecule has 0 N–H and O–H groups in total. The molecule has 0 spiro atoms. The molecule has 30 heavy (non-hydrogen) atoms. The molecule has 1 heterocycles. The topological polar surface area (TPSA) is 55.8 Å². The third kappa shape index (κ3) is 4.07. The second kappa shape index (κ2) is 8.90. The van der Waals surface area contributed by atoms with E-state index in [1.165, 1.54) is 11.1 Å².